The fourth-order valence-corrected chi connectivity index (χ4v) is 2.02. The number of nitrogens with one attached hydrogen (secondary N) is 1. The Bertz CT molecular complexity index is 503. The number of methoxy groups -OCH3 is 1. The van der Waals surface area contributed by atoms with E-state index in [0.29, 0.717) is 13.1 Å². The second-order valence-corrected chi connectivity index (χ2v) is 4.65. The summed E-state index contributed by atoms with van der Waals surface area (Å²) in [5, 5.41) is 11.7. The first-order valence-electron chi connectivity index (χ1n) is 6.60. The predicted molar refractivity (Wildman–Crippen MR) is 74.2 cm³/mol. The van der Waals surface area contributed by atoms with Crippen molar-refractivity contribution in [3.05, 3.63) is 29.8 Å². The topological polar surface area (TPSA) is 88.1 Å². The lowest BCUT2D eigenvalue weighted by atomic mass is 10.2. The molecule has 1 aromatic carbocycles. The minimum Gasteiger partial charge on any atom is -0.497 e. The number of hydrogen-bond donors (Lipinski definition) is 2. The van der Waals surface area contributed by atoms with E-state index in [1.807, 2.05) is 24.3 Å². The van der Waals surface area contributed by atoms with E-state index in [2.05, 4.69) is 5.32 Å². The Kier molecular flexibility index (Phi) is 4.99. The number of nitrogens with zero attached hydrogens (tertiary/aromatic N) is 1. The number of hydrogen-bond acceptors (Lipinski definition) is 4. The number of carboxylic acids is 1. The Balaban J connectivity index is 1.84. The number of morpholine rings is 1. The van der Waals surface area contributed by atoms with Gasteiger partial charge in [0.25, 0.3) is 0 Å². The van der Waals surface area contributed by atoms with Gasteiger partial charge < -0.3 is 24.8 Å². The molecule has 2 amide bonds. The number of rotatable bonds is 4. The van der Waals surface area contributed by atoms with Crippen molar-refractivity contribution in [3.63, 3.8) is 0 Å². The van der Waals surface area contributed by atoms with Gasteiger partial charge in [-0.25, -0.2) is 9.59 Å². The minimum absolute atomic E-state index is 0.0593. The average molecular weight is 294 g/mol. The molecule has 1 aliphatic rings. The van der Waals surface area contributed by atoms with Gasteiger partial charge in [-0.15, -0.1) is 0 Å². The van der Waals surface area contributed by atoms with Gasteiger partial charge in [-0.05, 0) is 17.7 Å². The molecule has 1 heterocycles. The summed E-state index contributed by atoms with van der Waals surface area (Å²) in [4.78, 5) is 24.3. The van der Waals surface area contributed by atoms with Crippen molar-refractivity contribution >= 4 is 12.0 Å². The van der Waals surface area contributed by atoms with E-state index in [1.165, 1.54) is 4.90 Å². The maximum absolute atomic E-state index is 12.0. The highest BCUT2D eigenvalue weighted by molar-refractivity contribution is 5.77. The number of carbonyl (C=O) groups excluding carboxylic acids is 1. The van der Waals surface area contributed by atoms with E-state index < -0.39 is 12.1 Å². The van der Waals surface area contributed by atoms with E-state index >= 15 is 0 Å². The van der Waals surface area contributed by atoms with Crippen LogP contribution in [-0.4, -0.2) is 54.9 Å². The van der Waals surface area contributed by atoms with Gasteiger partial charge in [0.05, 0.1) is 20.3 Å². The fraction of sp³-hybridized carbons (Fsp3) is 0.429. The fourth-order valence-electron chi connectivity index (χ4n) is 2.02. The molecule has 21 heavy (non-hydrogen) atoms. The highest BCUT2D eigenvalue weighted by atomic mass is 16.5. The molecule has 0 bridgehead atoms. The van der Waals surface area contributed by atoms with Crippen molar-refractivity contribution in [3.8, 4) is 5.75 Å². The van der Waals surface area contributed by atoms with Gasteiger partial charge in [-0.3, -0.25) is 0 Å². The maximum atomic E-state index is 12.0. The molecule has 0 aliphatic carbocycles. The molecule has 0 spiro atoms. The molecule has 2 N–H and O–H groups in total. The summed E-state index contributed by atoms with van der Waals surface area (Å²) in [6.45, 7) is 1.05. The van der Waals surface area contributed by atoms with Gasteiger partial charge in [0.1, 0.15) is 5.75 Å². The van der Waals surface area contributed by atoms with Gasteiger partial charge in [0.2, 0.25) is 0 Å². The Morgan fingerprint density at radius 3 is 2.76 bits per heavy atom. The number of urea groups is 1. The molecule has 7 nitrogen and oxygen atoms in total. The summed E-state index contributed by atoms with van der Waals surface area (Å²) in [5.41, 5.74) is 0.937. The molecule has 114 valence electrons. The second kappa shape index (κ2) is 6.94. The monoisotopic (exact) mass is 294 g/mol. The van der Waals surface area contributed by atoms with Gasteiger partial charge in [0, 0.05) is 13.1 Å². The van der Waals surface area contributed by atoms with Crippen LogP contribution >= 0.6 is 0 Å². The zero-order valence-electron chi connectivity index (χ0n) is 11.7. The van der Waals surface area contributed by atoms with Crippen LogP contribution in [0.25, 0.3) is 0 Å². The first-order valence-corrected chi connectivity index (χ1v) is 6.60. The van der Waals surface area contributed by atoms with Crippen molar-refractivity contribution in [1.82, 2.24) is 10.2 Å². The van der Waals surface area contributed by atoms with Gasteiger partial charge in [0.15, 0.2) is 6.10 Å². The first-order chi connectivity index (χ1) is 10.1. The van der Waals surface area contributed by atoms with E-state index in [-0.39, 0.29) is 19.2 Å². The van der Waals surface area contributed by atoms with Crippen LogP contribution in [0.4, 0.5) is 4.79 Å². The third kappa shape index (κ3) is 4.09. The maximum Gasteiger partial charge on any atom is 0.334 e. The largest absolute Gasteiger partial charge is 0.497 e. The van der Waals surface area contributed by atoms with Crippen LogP contribution in [0, 0.1) is 0 Å². The first kappa shape index (κ1) is 15.1. The molecular formula is C14H18N2O5. The molecule has 1 fully saturated rings. The van der Waals surface area contributed by atoms with E-state index in [0.717, 1.165) is 11.3 Å². The SMILES string of the molecule is COc1ccc(CNC(=O)N2CCOC(C(=O)O)C2)cc1. The summed E-state index contributed by atoms with van der Waals surface area (Å²) < 4.78 is 10.1. The zero-order valence-corrected chi connectivity index (χ0v) is 11.7. The van der Waals surface area contributed by atoms with Crippen LogP contribution in [0.15, 0.2) is 24.3 Å². The molecule has 1 saturated heterocycles. The van der Waals surface area contributed by atoms with Crippen LogP contribution in [0.1, 0.15) is 5.56 Å². The lowest BCUT2D eigenvalue weighted by Gasteiger charge is -2.30. The predicted octanol–water partition coefficient (Wildman–Crippen LogP) is 0.690. The summed E-state index contributed by atoms with van der Waals surface area (Å²) in [5.74, 6) is -0.301. The third-order valence-corrected chi connectivity index (χ3v) is 3.23. The van der Waals surface area contributed by atoms with Crippen molar-refractivity contribution < 1.29 is 24.2 Å². The molecule has 0 radical (unpaired) electrons. The lowest BCUT2D eigenvalue weighted by molar-refractivity contribution is -0.154. The van der Waals surface area contributed by atoms with Gasteiger partial charge >= 0.3 is 12.0 Å². The molecule has 1 aromatic rings. The van der Waals surface area contributed by atoms with Crippen molar-refractivity contribution in [1.29, 1.82) is 0 Å². The Hall–Kier alpha value is -2.28. The normalized spacial score (nSPS) is 18.1. The van der Waals surface area contributed by atoms with Crippen molar-refractivity contribution in [2.45, 2.75) is 12.6 Å². The van der Waals surface area contributed by atoms with Gasteiger partial charge in [-0.2, -0.15) is 0 Å². The molecule has 1 unspecified atom stereocenters. The highest BCUT2D eigenvalue weighted by Crippen LogP contribution is 2.11. The third-order valence-electron chi connectivity index (χ3n) is 3.23. The molecule has 1 atom stereocenters. The Morgan fingerprint density at radius 2 is 2.14 bits per heavy atom. The Morgan fingerprint density at radius 1 is 1.43 bits per heavy atom. The highest BCUT2D eigenvalue weighted by Gasteiger charge is 2.28. The van der Waals surface area contributed by atoms with E-state index in [1.54, 1.807) is 7.11 Å². The number of benzene rings is 1. The van der Waals surface area contributed by atoms with Crippen molar-refractivity contribution in [2.24, 2.45) is 0 Å². The smallest absolute Gasteiger partial charge is 0.334 e. The molecule has 2 rings (SSSR count). The summed E-state index contributed by atoms with van der Waals surface area (Å²) in [6, 6.07) is 7.06. The number of ether oxygens (including phenoxy) is 2. The number of amides is 2. The average Bonchev–Trinajstić information content (AvgIpc) is 2.53. The quantitative estimate of drug-likeness (QED) is 0.853. The minimum atomic E-state index is -1.05. The van der Waals surface area contributed by atoms with E-state index in [9.17, 15) is 9.59 Å². The molecule has 0 saturated carbocycles. The lowest BCUT2D eigenvalue weighted by Crippen LogP contribution is -2.51. The zero-order chi connectivity index (χ0) is 15.2. The van der Waals surface area contributed by atoms with Crippen LogP contribution in [0.2, 0.25) is 0 Å². The van der Waals surface area contributed by atoms with Gasteiger partial charge in [-0.1, -0.05) is 12.1 Å². The summed E-state index contributed by atoms with van der Waals surface area (Å²) in [6.07, 6.45) is -0.953. The van der Waals surface area contributed by atoms with Crippen LogP contribution in [0.5, 0.6) is 5.75 Å². The number of carbonyl (C=O) groups is 2. The van der Waals surface area contributed by atoms with Crippen molar-refractivity contribution in [2.75, 3.05) is 26.8 Å². The van der Waals surface area contributed by atoms with Crippen LogP contribution in [0.3, 0.4) is 0 Å². The standard InChI is InChI=1S/C14H18N2O5/c1-20-11-4-2-10(3-5-11)8-15-14(19)16-6-7-21-12(9-16)13(17)18/h2-5,12H,6-9H2,1H3,(H,15,19)(H,17,18). The summed E-state index contributed by atoms with van der Waals surface area (Å²) in [7, 11) is 1.59. The Labute approximate surface area is 122 Å². The van der Waals surface area contributed by atoms with Crippen LogP contribution < -0.4 is 10.1 Å². The summed E-state index contributed by atoms with van der Waals surface area (Å²) >= 11 is 0. The molecule has 1 aliphatic heterocycles. The second-order valence-electron chi connectivity index (χ2n) is 4.65. The van der Waals surface area contributed by atoms with Crippen LogP contribution in [-0.2, 0) is 16.1 Å². The van der Waals surface area contributed by atoms with E-state index in [4.69, 9.17) is 14.6 Å². The molecule has 7 heteroatoms. The number of carboxylic acid groups (broad SMARTS) is 1. The number of aliphatic carboxylic acids is 1. The molecule has 0 aromatic heterocycles. The molecular weight excluding hydrogens is 276 g/mol.